The van der Waals surface area contributed by atoms with Crippen LogP contribution in [0, 0.1) is 11.8 Å². The summed E-state index contributed by atoms with van der Waals surface area (Å²) in [5.41, 5.74) is -4.07. The molecule has 0 aliphatic heterocycles. The van der Waals surface area contributed by atoms with Crippen LogP contribution in [-0.2, 0) is 20.8 Å². The van der Waals surface area contributed by atoms with Crippen molar-refractivity contribution in [1.82, 2.24) is 0 Å². The lowest BCUT2D eigenvalue weighted by Crippen LogP contribution is -2.60. The molecule has 0 spiro atoms. The first-order valence-corrected chi connectivity index (χ1v) is 9.14. The Balaban J connectivity index is 1.95. The van der Waals surface area contributed by atoms with Crippen LogP contribution in [0.5, 0.6) is 0 Å². The van der Waals surface area contributed by atoms with Gasteiger partial charge in [0, 0.05) is 11.8 Å². The molecule has 4 nitrogen and oxygen atoms in total. The standard InChI is InChI=1S/C22H22O4/c23-19(15-11-12-15)21(25,17-7-3-1-4-8-17)22(26,20(24)16-13-14-16)18-9-5-2-6-10-18/h1-10,15-16,25-26H,11-14H2. The number of hydrogen-bond acceptors (Lipinski definition) is 4. The van der Waals surface area contributed by atoms with Crippen LogP contribution in [0.4, 0.5) is 0 Å². The van der Waals surface area contributed by atoms with Crippen molar-refractivity contribution >= 4 is 11.6 Å². The number of benzene rings is 2. The third-order valence-corrected chi connectivity index (χ3v) is 5.52. The summed E-state index contributed by atoms with van der Waals surface area (Å²) >= 11 is 0. The molecule has 2 fully saturated rings. The number of aliphatic hydroxyl groups is 2. The topological polar surface area (TPSA) is 74.6 Å². The molecule has 0 saturated heterocycles. The first-order chi connectivity index (χ1) is 12.5. The summed E-state index contributed by atoms with van der Waals surface area (Å²) in [6, 6.07) is 16.8. The van der Waals surface area contributed by atoms with Crippen LogP contribution < -0.4 is 0 Å². The van der Waals surface area contributed by atoms with Gasteiger partial charge in [-0.25, -0.2) is 0 Å². The molecule has 0 radical (unpaired) electrons. The molecular formula is C22H22O4. The highest BCUT2D eigenvalue weighted by Crippen LogP contribution is 2.51. The quantitative estimate of drug-likeness (QED) is 0.805. The van der Waals surface area contributed by atoms with E-state index in [1.165, 1.54) is 0 Å². The summed E-state index contributed by atoms with van der Waals surface area (Å²) < 4.78 is 0. The molecule has 0 bridgehead atoms. The molecule has 0 heterocycles. The highest BCUT2D eigenvalue weighted by Gasteiger charge is 2.65. The Hall–Kier alpha value is -2.30. The third-order valence-electron chi connectivity index (χ3n) is 5.52. The fraction of sp³-hybridized carbons (Fsp3) is 0.364. The average Bonchev–Trinajstić information content (AvgIpc) is 3.59. The Labute approximate surface area is 152 Å². The number of carbonyl (C=O) groups excluding carboxylic acids is 2. The van der Waals surface area contributed by atoms with Gasteiger partial charge < -0.3 is 10.2 Å². The molecule has 0 amide bonds. The molecule has 2 N–H and O–H groups in total. The van der Waals surface area contributed by atoms with Gasteiger partial charge in [-0.1, -0.05) is 60.7 Å². The first-order valence-electron chi connectivity index (χ1n) is 9.14. The smallest absolute Gasteiger partial charge is 0.188 e. The Kier molecular flexibility index (Phi) is 4.05. The molecule has 2 aliphatic rings. The molecule has 4 rings (SSSR count). The van der Waals surface area contributed by atoms with E-state index < -0.39 is 22.8 Å². The van der Waals surface area contributed by atoms with Gasteiger partial charge in [-0.3, -0.25) is 9.59 Å². The second kappa shape index (κ2) is 6.15. The number of rotatable bonds is 7. The summed E-state index contributed by atoms with van der Waals surface area (Å²) in [6.45, 7) is 0. The van der Waals surface area contributed by atoms with Gasteiger partial charge in [0.2, 0.25) is 0 Å². The largest absolute Gasteiger partial charge is 0.374 e. The summed E-state index contributed by atoms with van der Waals surface area (Å²) in [7, 11) is 0. The second-order valence-electron chi connectivity index (χ2n) is 7.43. The van der Waals surface area contributed by atoms with E-state index in [4.69, 9.17) is 0 Å². The predicted molar refractivity (Wildman–Crippen MR) is 96.1 cm³/mol. The fourth-order valence-corrected chi connectivity index (χ4v) is 3.70. The van der Waals surface area contributed by atoms with Gasteiger partial charge in [0.25, 0.3) is 0 Å². The Morgan fingerprint density at radius 1 is 0.654 bits per heavy atom. The van der Waals surface area contributed by atoms with Crippen LogP contribution in [0.2, 0.25) is 0 Å². The summed E-state index contributed by atoms with van der Waals surface area (Å²) in [5.74, 6) is -1.57. The predicted octanol–water partition coefficient (Wildman–Crippen LogP) is 2.72. The molecular weight excluding hydrogens is 328 g/mol. The Bertz CT molecular complexity index is 752. The van der Waals surface area contributed by atoms with Crippen LogP contribution in [0.15, 0.2) is 60.7 Å². The zero-order valence-corrected chi connectivity index (χ0v) is 14.5. The van der Waals surface area contributed by atoms with E-state index in [0.29, 0.717) is 25.7 Å². The van der Waals surface area contributed by atoms with Crippen LogP contribution in [-0.4, -0.2) is 21.8 Å². The number of ketones is 2. The molecule has 0 aromatic heterocycles. The Morgan fingerprint density at radius 2 is 0.962 bits per heavy atom. The van der Waals surface area contributed by atoms with E-state index in [2.05, 4.69) is 0 Å². The minimum Gasteiger partial charge on any atom is -0.374 e. The van der Waals surface area contributed by atoms with Gasteiger partial charge in [0.05, 0.1) is 0 Å². The number of hydrogen-bond donors (Lipinski definition) is 2. The van der Waals surface area contributed by atoms with Crippen LogP contribution in [0.3, 0.4) is 0 Å². The van der Waals surface area contributed by atoms with Crippen LogP contribution in [0.1, 0.15) is 36.8 Å². The van der Waals surface area contributed by atoms with Crippen molar-refractivity contribution in [2.45, 2.75) is 36.9 Å². The second-order valence-corrected chi connectivity index (χ2v) is 7.43. The molecule has 2 saturated carbocycles. The average molecular weight is 350 g/mol. The van der Waals surface area contributed by atoms with Crippen molar-refractivity contribution in [3.8, 4) is 0 Å². The molecule has 2 aromatic rings. The van der Waals surface area contributed by atoms with Crippen LogP contribution in [0.25, 0.3) is 0 Å². The maximum absolute atomic E-state index is 13.2. The summed E-state index contributed by atoms with van der Waals surface area (Å²) in [5, 5.41) is 23.5. The lowest BCUT2D eigenvalue weighted by molar-refractivity contribution is -0.190. The highest BCUT2D eigenvalue weighted by atomic mass is 16.4. The SMILES string of the molecule is O=C(C1CC1)C(O)(c1ccccc1)C(O)(C(=O)C1CC1)c1ccccc1. The van der Waals surface area contributed by atoms with Gasteiger partial charge in [-0.2, -0.15) is 0 Å². The lowest BCUT2D eigenvalue weighted by atomic mass is 9.67. The minimum absolute atomic E-state index is 0.261. The maximum Gasteiger partial charge on any atom is 0.188 e. The van der Waals surface area contributed by atoms with Crippen molar-refractivity contribution in [2.75, 3.05) is 0 Å². The van der Waals surface area contributed by atoms with Gasteiger partial charge in [-0.15, -0.1) is 0 Å². The monoisotopic (exact) mass is 350 g/mol. The highest BCUT2D eigenvalue weighted by molar-refractivity contribution is 6.03. The van der Waals surface area contributed by atoms with Crippen molar-refractivity contribution in [2.24, 2.45) is 11.8 Å². The third kappa shape index (κ3) is 2.52. The van der Waals surface area contributed by atoms with Gasteiger partial charge in [-0.05, 0) is 36.8 Å². The van der Waals surface area contributed by atoms with E-state index in [0.717, 1.165) is 0 Å². The zero-order chi connectivity index (χ0) is 18.4. The molecule has 134 valence electrons. The summed E-state index contributed by atoms with van der Waals surface area (Å²) in [4.78, 5) is 26.5. The molecule has 2 unspecified atom stereocenters. The van der Waals surface area contributed by atoms with Crippen molar-refractivity contribution in [3.05, 3.63) is 71.8 Å². The van der Waals surface area contributed by atoms with E-state index >= 15 is 0 Å². The molecule has 2 aromatic carbocycles. The minimum atomic E-state index is -2.30. The number of carbonyl (C=O) groups is 2. The summed E-state index contributed by atoms with van der Waals surface area (Å²) in [6.07, 6.45) is 2.71. The van der Waals surface area contributed by atoms with Gasteiger partial charge in [0.15, 0.2) is 22.8 Å². The van der Waals surface area contributed by atoms with Crippen molar-refractivity contribution in [3.63, 3.8) is 0 Å². The fourth-order valence-electron chi connectivity index (χ4n) is 3.70. The molecule has 26 heavy (non-hydrogen) atoms. The van der Waals surface area contributed by atoms with Crippen molar-refractivity contribution < 1.29 is 19.8 Å². The van der Waals surface area contributed by atoms with E-state index in [1.807, 2.05) is 0 Å². The molecule has 4 heteroatoms. The normalized spacial score (nSPS) is 21.5. The van der Waals surface area contributed by atoms with E-state index in [-0.39, 0.29) is 23.0 Å². The maximum atomic E-state index is 13.2. The lowest BCUT2D eigenvalue weighted by Gasteiger charge is -2.42. The van der Waals surface area contributed by atoms with Gasteiger partial charge >= 0.3 is 0 Å². The van der Waals surface area contributed by atoms with Gasteiger partial charge in [0.1, 0.15) is 0 Å². The van der Waals surface area contributed by atoms with Crippen molar-refractivity contribution in [1.29, 1.82) is 0 Å². The van der Waals surface area contributed by atoms with E-state index in [1.54, 1.807) is 60.7 Å². The molecule has 2 aliphatic carbocycles. The molecule has 2 atom stereocenters. The number of Topliss-reactive ketones (excluding diaryl/α,β-unsaturated/α-hetero) is 2. The van der Waals surface area contributed by atoms with E-state index in [9.17, 15) is 19.8 Å². The van der Waals surface area contributed by atoms with Crippen LogP contribution >= 0.6 is 0 Å². The zero-order valence-electron chi connectivity index (χ0n) is 14.5. The Morgan fingerprint density at radius 3 is 1.23 bits per heavy atom. The first kappa shape index (κ1) is 17.1.